The summed E-state index contributed by atoms with van der Waals surface area (Å²) in [6.45, 7) is -1.37. The van der Waals surface area contributed by atoms with Crippen LogP contribution in [0, 0.1) is 0 Å². The number of carboxylic acids is 2. The summed E-state index contributed by atoms with van der Waals surface area (Å²) in [5, 5.41) is 38.6. The van der Waals surface area contributed by atoms with Crippen molar-refractivity contribution in [1.29, 1.82) is 0 Å². The molecule has 1 heterocycles. The van der Waals surface area contributed by atoms with Gasteiger partial charge < -0.3 is 35.0 Å². The standard InChI is InChI=1S/C12H15N3O6.2Na/c16-5-9(11(18)19)13-3-7-1-2-8(15-7)4-14-10(6-17)12(20)21;;/h1-4,9-10,15-17H,5-6H2,(H,18,19)(H,20,21);;/q;2*+1/p-2/t9-,10-;;/m0../s1. The van der Waals surface area contributed by atoms with Gasteiger partial charge in [0.1, 0.15) is 12.1 Å². The summed E-state index contributed by atoms with van der Waals surface area (Å²) in [4.78, 5) is 31.0. The largest absolute Gasteiger partial charge is 1.00 e. The fourth-order valence-electron chi connectivity index (χ4n) is 1.29. The zero-order valence-electron chi connectivity index (χ0n) is 12.8. The van der Waals surface area contributed by atoms with Crippen LogP contribution in [0.4, 0.5) is 0 Å². The maximum atomic E-state index is 10.5. The van der Waals surface area contributed by atoms with E-state index in [1.54, 1.807) is 12.1 Å². The van der Waals surface area contributed by atoms with E-state index in [1.807, 2.05) is 0 Å². The molecule has 0 aliphatic carbocycles. The molecule has 0 aromatic carbocycles. The Bertz CT molecular complexity index is 514. The Morgan fingerprint density at radius 3 is 1.61 bits per heavy atom. The summed E-state index contributed by atoms with van der Waals surface area (Å²) in [7, 11) is 0. The first kappa shape index (κ1) is 24.7. The van der Waals surface area contributed by atoms with Gasteiger partial charge in [-0.1, -0.05) is 0 Å². The second-order valence-corrected chi connectivity index (χ2v) is 3.96. The molecule has 1 aromatic heterocycles. The van der Waals surface area contributed by atoms with Crippen LogP contribution in [-0.4, -0.2) is 64.9 Å². The molecule has 114 valence electrons. The molecule has 0 saturated carbocycles. The average molecular weight is 341 g/mol. The third-order valence-electron chi connectivity index (χ3n) is 2.41. The van der Waals surface area contributed by atoms with Crippen LogP contribution in [-0.2, 0) is 9.59 Å². The summed E-state index contributed by atoms with van der Waals surface area (Å²) < 4.78 is 0. The quantitative estimate of drug-likeness (QED) is 0.314. The summed E-state index contributed by atoms with van der Waals surface area (Å²) >= 11 is 0. The van der Waals surface area contributed by atoms with Crippen molar-refractivity contribution in [2.75, 3.05) is 13.2 Å². The monoisotopic (exact) mass is 341 g/mol. The van der Waals surface area contributed by atoms with Crippen LogP contribution >= 0.6 is 0 Å². The summed E-state index contributed by atoms with van der Waals surface area (Å²) in [5.74, 6) is -3.00. The number of hydrogen-bond donors (Lipinski definition) is 3. The minimum Gasteiger partial charge on any atom is -0.548 e. The second-order valence-electron chi connectivity index (χ2n) is 3.96. The predicted molar refractivity (Wildman–Crippen MR) is 67.7 cm³/mol. The molecule has 1 rings (SSSR count). The van der Waals surface area contributed by atoms with Gasteiger partial charge in [0, 0.05) is 12.4 Å². The number of nitrogens with one attached hydrogen (secondary N) is 1. The van der Waals surface area contributed by atoms with Crippen LogP contribution in [0.3, 0.4) is 0 Å². The number of aliphatic carboxylic acids is 2. The van der Waals surface area contributed by atoms with E-state index in [-0.39, 0.29) is 59.1 Å². The van der Waals surface area contributed by atoms with Crippen molar-refractivity contribution < 1.29 is 89.1 Å². The van der Waals surface area contributed by atoms with Crippen molar-refractivity contribution in [2.24, 2.45) is 9.98 Å². The number of aliphatic hydroxyl groups excluding tert-OH is 2. The minimum atomic E-state index is -1.50. The molecule has 0 radical (unpaired) electrons. The van der Waals surface area contributed by atoms with Crippen LogP contribution in [0.5, 0.6) is 0 Å². The second kappa shape index (κ2) is 12.8. The number of carbonyl (C=O) groups is 2. The fourth-order valence-corrected chi connectivity index (χ4v) is 1.29. The number of aromatic nitrogens is 1. The van der Waals surface area contributed by atoms with Gasteiger partial charge in [-0.25, -0.2) is 0 Å². The molecule has 0 saturated heterocycles. The minimum absolute atomic E-state index is 0. The molecule has 0 aliphatic rings. The molecular weight excluding hydrogens is 328 g/mol. The van der Waals surface area contributed by atoms with Gasteiger partial charge in [0.25, 0.3) is 0 Å². The molecule has 2 atom stereocenters. The number of aliphatic imine (C=N–C) groups is 2. The molecule has 0 spiro atoms. The topological polar surface area (TPSA) is 161 Å². The molecule has 0 amide bonds. The van der Waals surface area contributed by atoms with Crippen LogP contribution in [0.1, 0.15) is 11.4 Å². The number of H-pyrrole nitrogens is 1. The molecule has 0 fully saturated rings. The number of carboxylic acid groups (broad SMARTS) is 2. The molecule has 0 unspecified atom stereocenters. The van der Waals surface area contributed by atoms with Crippen molar-refractivity contribution in [3.05, 3.63) is 23.5 Å². The van der Waals surface area contributed by atoms with Crippen LogP contribution in [0.15, 0.2) is 22.1 Å². The van der Waals surface area contributed by atoms with Crippen LogP contribution < -0.4 is 69.3 Å². The Balaban J connectivity index is 0. The fraction of sp³-hybridized carbons (Fsp3) is 0.333. The maximum Gasteiger partial charge on any atom is 1.00 e. The van der Waals surface area contributed by atoms with Gasteiger partial charge in [0.15, 0.2) is 0 Å². The Hall–Kier alpha value is -0.520. The molecule has 23 heavy (non-hydrogen) atoms. The Morgan fingerprint density at radius 1 is 1.00 bits per heavy atom. The van der Waals surface area contributed by atoms with Crippen molar-refractivity contribution in [3.63, 3.8) is 0 Å². The van der Waals surface area contributed by atoms with E-state index in [2.05, 4.69) is 15.0 Å². The van der Waals surface area contributed by atoms with E-state index < -0.39 is 37.2 Å². The zero-order chi connectivity index (χ0) is 15.8. The summed E-state index contributed by atoms with van der Waals surface area (Å²) in [6.07, 6.45) is 2.38. The van der Waals surface area contributed by atoms with Crippen LogP contribution in [0.25, 0.3) is 0 Å². The van der Waals surface area contributed by atoms with E-state index in [9.17, 15) is 19.8 Å². The molecule has 0 aliphatic heterocycles. The first-order valence-electron chi connectivity index (χ1n) is 5.86. The first-order valence-corrected chi connectivity index (χ1v) is 5.86. The van der Waals surface area contributed by atoms with Crippen molar-refractivity contribution in [1.82, 2.24) is 4.98 Å². The zero-order valence-corrected chi connectivity index (χ0v) is 16.8. The summed E-state index contributed by atoms with van der Waals surface area (Å²) in [5.41, 5.74) is 0.843. The molecule has 1 aromatic rings. The Kier molecular flexibility index (Phi) is 13.8. The number of hydrogen-bond acceptors (Lipinski definition) is 8. The SMILES string of the molecule is O=C([O-])[C@H](CO)N=Cc1ccc(C=N[C@@H](CO)C(=O)[O-])[nH]1.[Na+].[Na+]. The van der Waals surface area contributed by atoms with Gasteiger partial charge in [-0.05, 0) is 12.1 Å². The smallest absolute Gasteiger partial charge is 0.548 e. The molecule has 9 nitrogen and oxygen atoms in total. The normalized spacial score (nSPS) is 13.3. The van der Waals surface area contributed by atoms with Gasteiger partial charge in [-0.3, -0.25) is 9.98 Å². The van der Waals surface area contributed by atoms with Crippen LogP contribution in [0.2, 0.25) is 0 Å². The molecule has 11 heteroatoms. The third-order valence-corrected chi connectivity index (χ3v) is 2.41. The van der Waals surface area contributed by atoms with E-state index in [0.717, 1.165) is 0 Å². The number of aromatic amines is 1. The number of nitrogens with zero attached hydrogens (tertiary/aromatic N) is 2. The first-order chi connectivity index (χ1) is 9.97. The van der Waals surface area contributed by atoms with Crippen molar-refractivity contribution in [2.45, 2.75) is 12.1 Å². The Morgan fingerprint density at radius 2 is 1.35 bits per heavy atom. The van der Waals surface area contributed by atoms with Gasteiger partial charge >= 0.3 is 59.1 Å². The number of carbonyl (C=O) groups excluding carboxylic acids is 2. The number of rotatable bonds is 8. The summed E-state index contributed by atoms with van der Waals surface area (Å²) in [6, 6.07) is 0.368. The predicted octanol–water partition coefficient (Wildman–Crippen LogP) is -9.92. The van der Waals surface area contributed by atoms with E-state index in [0.29, 0.717) is 11.4 Å². The molecule has 0 bridgehead atoms. The molecular formula is C12H13N3Na2O6. The maximum absolute atomic E-state index is 10.5. The Labute approximate surface area is 176 Å². The van der Waals surface area contributed by atoms with E-state index in [4.69, 9.17) is 10.2 Å². The van der Waals surface area contributed by atoms with Crippen molar-refractivity contribution in [3.8, 4) is 0 Å². The number of aliphatic hydroxyl groups is 2. The van der Waals surface area contributed by atoms with Crippen molar-refractivity contribution >= 4 is 24.4 Å². The van der Waals surface area contributed by atoms with Gasteiger partial charge in [-0.2, -0.15) is 0 Å². The van der Waals surface area contributed by atoms with Gasteiger partial charge in [0.2, 0.25) is 0 Å². The average Bonchev–Trinajstić information content (AvgIpc) is 2.87. The molecule has 3 N–H and O–H groups in total. The van der Waals surface area contributed by atoms with Gasteiger partial charge in [0.05, 0.1) is 36.5 Å². The van der Waals surface area contributed by atoms with Gasteiger partial charge in [-0.15, -0.1) is 0 Å². The third kappa shape index (κ3) is 8.77. The van der Waals surface area contributed by atoms with E-state index >= 15 is 0 Å². The van der Waals surface area contributed by atoms with E-state index in [1.165, 1.54) is 12.4 Å².